The number of benzene rings is 2. The minimum atomic E-state index is -4.14. The van der Waals surface area contributed by atoms with Crippen molar-refractivity contribution in [3.63, 3.8) is 0 Å². The normalized spacial score (nSPS) is 19.0. The van der Waals surface area contributed by atoms with Gasteiger partial charge >= 0.3 is 0 Å². The van der Waals surface area contributed by atoms with E-state index in [-0.39, 0.29) is 31.6 Å². The molecular weight excluding hydrogens is 436 g/mol. The molecule has 1 amide bonds. The molecule has 1 unspecified atom stereocenters. The maximum atomic E-state index is 14.0. The van der Waals surface area contributed by atoms with Crippen molar-refractivity contribution in [2.24, 2.45) is 5.92 Å². The molecule has 1 aliphatic carbocycles. The smallest absolute Gasteiger partial charge is 0.246 e. The summed E-state index contributed by atoms with van der Waals surface area (Å²) in [5.41, 5.74) is 2.26. The highest BCUT2D eigenvalue weighted by molar-refractivity contribution is 7.89. The van der Waals surface area contributed by atoms with Crippen molar-refractivity contribution in [3.8, 4) is 0 Å². The first-order valence-corrected chi connectivity index (χ1v) is 12.2. The number of carbonyl (C=O) groups excluding carboxylic acids is 1. The lowest BCUT2D eigenvalue weighted by atomic mass is 10.0. The Kier molecular flexibility index (Phi) is 6.60. The van der Waals surface area contributed by atoms with E-state index in [1.54, 1.807) is 0 Å². The van der Waals surface area contributed by atoms with Gasteiger partial charge in [0.15, 0.2) is 0 Å². The Bertz CT molecular complexity index is 1080. The van der Waals surface area contributed by atoms with E-state index >= 15 is 0 Å². The van der Waals surface area contributed by atoms with Gasteiger partial charge in [-0.05, 0) is 49.4 Å². The van der Waals surface area contributed by atoms with Crippen molar-refractivity contribution in [1.82, 2.24) is 14.5 Å². The van der Waals surface area contributed by atoms with Crippen LogP contribution in [0.1, 0.15) is 30.0 Å². The number of amides is 1. The van der Waals surface area contributed by atoms with Gasteiger partial charge < -0.3 is 5.32 Å². The van der Waals surface area contributed by atoms with Gasteiger partial charge in [-0.3, -0.25) is 9.69 Å². The molecule has 2 aliphatic rings. The Morgan fingerprint density at radius 2 is 1.72 bits per heavy atom. The van der Waals surface area contributed by atoms with Crippen LogP contribution < -0.4 is 5.32 Å². The van der Waals surface area contributed by atoms with Crippen molar-refractivity contribution in [3.05, 3.63) is 65.2 Å². The Balaban J connectivity index is 1.34. The Morgan fingerprint density at radius 1 is 1.06 bits per heavy atom. The van der Waals surface area contributed by atoms with Crippen LogP contribution in [-0.2, 0) is 14.8 Å². The number of halogens is 2. The summed E-state index contributed by atoms with van der Waals surface area (Å²) in [6, 6.07) is 10.6. The van der Waals surface area contributed by atoms with Crippen LogP contribution in [0.2, 0.25) is 0 Å². The van der Waals surface area contributed by atoms with Crippen LogP contribution in [0, 0.1) is 24.5 Å². The van der Waals surface area contributed by atoms with Crippen LogP contribution in [-0.4, -0.2) is 56.3 Å². The van der Waals surface area contributed by atoms with Crippen LogP contribution >= 0.6 is 0 Å². The van der Waals surface area contributed by atoms with Crippen molar-refractivity contribution < 1.29 is 22.0 Å². The van der Waals surface area contributed by atoms with Gasteiger partial charge in [-0.15, -0.1) is 0 Å². The van der Waals surface area contributed by atoms with Gasteiger partial charge in [0.1, 0.15) is 16.5 Å². The Morgan fingerprint density at radius 3 is 2.34 bits per heavy atom. The number of sulfonamides is 1. The summed E-state index contributed by atoms with van der Waals surface area (Å²) in [6.07, 6.45) is 2.18. The van der Waals surface area contributed by atoms with Crippen molar-refractivity contribution in [1.29, 1.82) is 0 Å². The molecule has 4 rings (SSSR count). The molecule has 1 saturated heterocycles. The van der Waals surface area contributed by atoms with Gasteiger partial charge in [0.25, 0.3) is 0 Å². The summed E-state index contributed by atoms with van der Waals surface area (Å²) in [6.45, 7) is 3.07. The van der Waals surface area contributed by atoms with Crippen LogP contribution in [0.3, 0.4) is 0 Å². The van der Waals surface area contributed by atoms with E-state index < -0.39 is 26.6 Å². The Labute approximate surface area is 187 Å². The monoisotopic (exact) mass is 463 g/mol. The van der Waals surface area contributed by atoms with E-state index in [1.165, 1.54) is 5.56 Å². The predicted octanol–water partition coefficient (Wildman–Crippen LogP) is 2.85. The van der Waals surface area contributed by atoms with E-state index in [2.05, 4.69) is 5.32 Å². The third-order valence-electron chi connectivity index (χ3n) is 6.06. The third-order valence-corrected chi connectivity index (χ3v) is 7.97. The largest absolute Gasteiger partial charge is 0.348 e. The predicted molar refractivity (Wildman–Crippen MR) is 116 cm³/mol. The summed E-state index contributed by atoms with van der Waals surface area (Å²) < 4.78 is 54.0. The third kappa shape index (κ3) is 5.16. The molecule has 1 heterocycles. The molecule has 0 aromatic heterocycles. The summed E-state index contributed by atoms with van der Waals surface area (Å²) in [5, 5.41) is 3.14. The highest BCUT2D eigenvalue weighted by Gasteiger charge is 2.35. The lowest BCUT2D eigenvalue weighted by Crippen LogP contribution is -2.51. The first-order chi connectivity index (χ1) is 15.2. The number of hydrogen-bond acceptors (Lipinski definition) is 4. The zero-order valence-corrected chi connectivity index (χ0v) is 18.7. The molecule has 0 bridgehead atoms. The molecule has 0 radical (unpaired) electrons. The molecular formula is C23H27F2N3O3S. The molecule has 2 fully saturated rings. The summed E-state index contributed by atoms with van der Waals surface area (Å²) in [4.78, 5) is 13.9. The molecule has 172 valence electrons. The van der Waals surface area contributed by atoms with Crippen LogP contribution in [0.15, 0.2) is 47.4 Å². The zero-order chi connectivity index (χ0) is 22.9. The van der Waals surface area contributed by atoms with Gasteiger partial charge in [-0.2, -0.15) is 4.31 Å². The summed E-state index contributed by atoms with van der Waals surface area (Å²) >= 11 is 0. The molecule has 1 N–H and O–H groups in total. The molecule has 6 nitrogen and oxygen atoms in total. The minimum Gasteiger partial charge on any atom is -0.348 e. The van der Waals surface area contributed by atoms with E-state index in [1.807, 2.05) is 36.1 Å². The van der Waals surface area contributed by atoms with Crippen LogP contribution in [0.5, 0.6) is 0 Å². The molecule has 1 aliphatic heterocycles. The van der Waals surface area contributed by atoms with E-state index in [0.717, 1.165) is 34.8 Å². The molecule has 2 aromatic rings. The maximum Gasteiger partial charge on any atom is 0.246 e. The van der Waals surface area contributed by atoms with Gasteiger partial charge in [0.05, 0.1) is 12.6 Å². The van der Waals surface area contributed by atoms with E-state index in [4.69, 9.17) is 0 Å². The number of nitrogens with one attached hydrogen (secondary N) is 1. The zero-order valence-electron chi connectivity index (χ0n) is 17.9. The van der Waals surface area contributed by atoms with Crippen molar-refractivity contribution >= 4 is 15.9 Å². The van der Waals surface area contributed by atoms with Crippen LogP contribution in [0.4, 0.5) is 8.78 Å². The first kappa shape index (κ1) is 22.8. The maximum absolute atomic E-state index is 14.0. The van der Waals surface area contributed by atoms with Gasteiger partial charge in [-0.25, -0.2) is 17.2 Å². The molecule has 9 heteroatoms. The molecule has 2 aromatic carbocycles. The lowest BCUT2D eigenvalue weighted by Gasteiger charge is -2.34. The number of piperazine rings is 1. The summed E-state index contributed by atoms with van der Waals surface area (Å²) in [7, 11) is -4.14. The minimum absolute atomic E-state index is 0.0132. The van der Waals surface area contributed by atoms with Gasteiger partial charge in [-0.1, -0.05) is 29.8 Å². The molecule has 1 saturated carbocycles. The van der Waals surface area contributed by atoms with Crippen LogP contribution in [0.25, 0.3) is 0 Å². The Hall–Kier alpha value is -2.36. The van der Waals surface area contributed by atoms with Gasteiger partial charge in [0, 0.05) is 26.2 Å². The van der Waals surface area contributed by atoms with E-state index in [0.29, 0.717) is 25.1 Å². The summed E-state index contributed by atoms with van der Waals surface area (Å²) in [5.74, 6) is -1.44. The molecule has 0 spiro atoms. The highest BCUT2D eigenvalue weighted by atomic mass is 32.2. The molecule has 1 atom stereocenters. The van der Waals surface area contributed by atoms with Crippen molar-refractivity contribution in [2.45, 2.75) is 30.7 Å². The fraction of sp³-hybridized carbons (Fsp3) is 0.435. The standard InChI is InChI=1S/C23H27F2N3O3S/c1-16-2-4-17(5-3-16)23(18-6-7-18)26-22(29)15-27-10-12-28(13-11-27)32(30,31)21-14-19(24)8-9-20(21)25/h2-5,8-9,14,18,23H,6-7,10-13,15H2,1H3,(H,26,29). The highest BCUT2D eigenvalue weighted by Crippen LogP contribution is 2.41. The number of carbonyl (C=O) groups is 1. The SMILES string of the molecule is Cc1ccc(C(NC(=O)CN2CCN(S(=O)(=O)c3cc(F)ccc3F)CC2)C2CC2)cc1. The van der Waals surface area contributed by atoms with Gasteiger partial charge in [0.2, 0.25) is 15.9 Å². The average Bonchev–Trinajstić information content (AvgIpc) is 3.60. The number of hydrogen-bond donors (Lipinski definition) is 1. The lowest BCUT2D eigenvalue weighted by molar-refractivity contribution is -0.123. The van der Waals surface area contributed by atoms with E-state index in [9.17, 15) is 22.0 Å². The molecule has 32 heavy (non-hydrogen) atoms. The number of rotatable bonds is 7. The fourth-order valence-corrected chi connectivity index (χ4v) is 5.54. The first-order valence-electron chi connectivity index (χ1n) is 10.8. The quantitative estimate of drug-likeness (QED) is 0.686. The fourth-order valence-electron chi connectivity index (χ4n) is 4.04. The topological polar surface area (TPSA) is 69.7 Å². The average molecular weight is 464 g/mol. The second-order valence-electron chi connectivity index (χ2n) is 8.55. The number of aryl methyl sites for hydroxylation is 1. The van der Waals surface area contributed by atoms with Crippen molar-refractivity contribution in [2.75, 3.05) is 32.7 Å². The second kappa shape index (κ2) is 9.25. The second-order valence-corrected chi connectivity index (χ2v) is 10.5. The number of nitrogens with zero attached hydrogens (tertiary/aromatic N) is 2.